The molecule has 1 aliphatic heterocycles. The topological polar surface area (TPSA) is 108 Å². The molecule has 27 heavy (non-hydrogen) atoms. The average Bonchev–Trinajstić information content (AvgIpc) is 2.62. The molecule has 0 spiro atoms. The molecule has 1 aromatic carbocycles. The Morgan fingerprint density at radius 2 is 2.07 bits per heavy atom. The quantitative estimate of drug-likeness (QED) is 0.280. The lowest BCUT2D eigenvalue weighted by Gasteiger charge is -2.35. The molecule has 148 valence electrons. The highest BCUT2D eigenvalue weighted by atomic mass is 16.6. The van der Waals surface area contributed by atoms with Gasteiger partial charge in [-0.3, -0.25) is 24.6 Å². The maximum atomic E-state index is 12.7. The van der Waals surface area contributed by atoms with Crippen LogP contribution in [0.4, 0.5) is 11.4 Å². The third kappa shape index (κ3) is 5.16. The van der Waals surface area contributed by atoms with Gasteiger partial charge >= 0.3 is 5.97 Å². The standard InChI is InChI=1S/C18H24N2O7/c1-4-7-25-8-9-26-16(21)11-19-14-6-5-13(20(23)24)10-15(14)27-17(12(2)3)18(19)22/h5-6,10,12,17H,4,7-9,11H2,1-3H3. The molecule has 0 fully saturated rings. The predicted octanol–water partition coefficient (Wildman–Crippen LogP) is 2.31. The summed E-state index contributed by atoms with van der Waals surface area (Å²) in [5.41, 5.74) is 0.155. The second kappa shape index (κ2) is 9.31. The number of hydrogen-bond donors (Lipinski definition) is 0. The van der Waals surface area contributed by atoms with E-state index >= 15 is 0 Å². The van der Waals surface area contributed by atoms with Crippen LogP contribution in [0.15, 0.2) is 18.2 Å². The third-order valence-corrected chi connectivity index (χ3v) is 3.94. The zero-order valence-electron chi connectivity index (χ0n) is 15.7. The number of ether oxygens (including phenoxy) is 3. The number of non-ortho nitro benzene ring substituents is 1. The van der Waals surface area contributed by atoms with Gasteiger partial charge in [-0.1, -0.05) is 20.8 Å². The molecule has 1 atom stereocenters. The Balaban J connectivity index is 2.15. The second-order valence-corrected chi connectivity index (χ2v) is 6.45. The lowest BCUT2D eigenvalue weighted by Crippen LogP contribution is -2.50. The smallest absolute Gasteiger partial charge is 0.326 e. The molecular weight excluding hydrogens is 356 g/mol. The third-order valence-electron chi connectivity index (χ3n) is 3.94. The molecule has 1 heterocycles. The first-order valence-electron chi connectivity index (χ1n) is 8.85. The minimum Gasteiger partial charge on any atom is -0.478 e. The summed E-state index contributed by atoms with van der Waals surface area (Å²) in [6.45, 7) is 6.24. The lowest BCUT2D eigenvalue weighted by molar-refractivity contribution is -0.384. The molecule has 1 amide bonds. The van der Waals surface area contributed by atoms with Crippen molar-refractivity contribution < 1.29 is 28.7 Å². The van der Waals surface area contributed by atoms with E-state index in [0.717, 1.165) is 6.42 Å². The summed E-state index contributed by atoms with van der Waals surface area (Å²) >= 11 is 0. The molecule has 0 aromatic heterocycles. The number of fused-ring (bicyclic) bond motifs is 1. The molecule has 0 N–H and O–H groups in total. The minimum atomic E-state index is -0.833. The number of nitrogens with zero attached hydrogens (tertiary/aromatic N) is 2. The van der Waals surface area contributed by atoms with Gasteiger partial charge < -0.3 is 14.2 Å². The summed E-state index contributed by atoms with van der Waals surface area (Å²) in [5.74, 6) is -0.949. The van der Waals surface area contributed by atoms with Crippen molar-refractivity contribution in [2.45, 2.75) is 33.3 Å². The van der Waals surface area contributed by atoms with Crippen LogP contribution in [-0.2, 0) is 19.1 Å². The normalized spacial score (nSPS) is 16.1. The van der Waals surface area contributed by atoms with Crippen LogP contribution < -0.4 is 9.64 Å². The highest BCUT2D eigenvalue weighted by Crippen LogP contribution is 2.38. The van der Waals surface area contributed by atoms with E-state index < -0.39 is 17.0 Å². The van der Waals surface area contributed by atoms with E-state index in [1.807, 2.05) is 6.92 Å². The Hall–Kier alpha value is -2.68. The Kier molecular flexibility index (Phi) is 7.12. The van der Waals surface area contributed by atoms with Gasteiger partial charge in [0.05, 0.1) is 23.3 Å². The highest BCUT2D eigenvalue weighted by molar-refractivity contribution is 6.03. The number of benzene rings is 1. The Labute approximate surface area is 157 Å². The fraction of sp³-hybridized carbons (Fsp3) is 0.556. The van der Waals surface area contributed by atoms with Crippen LogP contribution >= 0.6 is 0 Å². The maximum Gasteiger partial charge on any atom is 0.326 e. The van der Waals surface area contributed by atoms with Crippen LogP contribution in [0.1, 0.15) is 27.2 Å². The first-order chi connectivity index (χ1) is 12.8. The number of nitro benzene ring substituents is 1. The van der Waals surface area contributed by atoms with Gasteiger partial charge in [0.2, 0.25) is 0 Å². The molecule has 1 aliphatic rings. The van der Waals surface area contributed by atoms with E-state index in [1.54, 1.807) is 13.8 Å². The number of amides is 1. The van der Waals surface area contributed by atoms with Crippen molar-refractivity contribution in [3.8, 4) is 5.75 Å². The molecule has 9 nitrogen and oxygen atoms in total. The van der Waals surface area contributed by atoms with E-state index in [0.29, 0.717) is 12.3 Å². The Morgan fingerprint density at radius 1 is 1.33 bits per heavy atom. The monoisotopic (exact) mass is 380 g/mol. The van der Waals surface area contributed by atoms with Crippen LogP contribution in [0.5, 0.6) is 5.75 Å². The van der Waals surface area contributed by atoms with Crippen molar-refractivity contribution in [2.75, 3.05) is 31.3 Å². The first-order valence-corrected chi connectivity index (χ1v) is 8.85. The van der Waals surface area contributed by atoms with Crippen LogP contribution in [0.3, 0.4) is 0 Å². The molecule has 0 saturated carbocycles. The van der Waals surface area contributed by atoms with Crippen molar-refractivity contribution in [1.82, 2.24) is 0 Å². The number of hydrogen-bond acceptors (Lipinski definition) is 7. The Bertz CT molecular complexity index is 705. The van der Waals surface area contributed by atoms with Crippen LogP contribution in [0.25, 0.3) is 0 Å². The van der Waals surface area contributed by atoms with Gasteiger partial charge in [-0.25, -0.2) is 0 Å². The summed E-state index contributed by atoms with van der Waals surface area (Å²) in [6, 6.07) is 3.93. The minimum absolute atomic E-state index is 0.0953. The van der Waals surface area contributed by atoms with E-state index in [-0.39, 0.29) is 43.0 Å². The fourth-order valence-electron chi connectivity index (χ4n) is 2.61. The number of carbonyl (C=O) groups excluding carboxylic acids is 2. The maximum absolute atomic E-state index is 12.7. The van der Waals surface area contributed by atoms with Gasteiger partial charge in [-0.05, 0) is 18.4 Å². The molecule has 2 rings (SSSR count). The van der Waals surface area contributed by atoms with Crippen LogP contribution in [0, 0.1) is 16.0 Å². The molecule has 1 aromatic rings. The number of nitro groups is 1. The van der Waals surface area contributed by atoms with Gasteiger partial charge in [0.1, 0.15) is 13.2 Å². The van der Waals surface area contributed by atoms with Crippen molar-refractivity contribution in [3.63, 3.8) is 0 Å². The zero-order chi connectivity index (χ0) is 20.0. The van der Waals surface area contributed by atoms with E-state index in [2.05, 4.69) is 0 Å². The van der Waals surface area contributed by atoms with E-state index in [9.17, 15) is 19.7 Å². The number of rotatable bonds is 9. The van der Waals surface area contributed by atoms with Crippen molar-refractivity contribution >= 4 is 23.3 Å². The van der Waals surface area contributed by atoms with E-state index in [1.165, 1.54) is 23.1 Å². The molecule has 1 unspecified atom stereocenters. The van der Waals surface area contributed by atoms with Crippen molar-refractivity contribution in [3.05, 3.63) is 28.3 Å². The zero-order valence-corrected chi connectivity index (χ0v) is 15.7. The van der Waals surface area contributed by atoms with Gasteiger partial charge in [-0.15, -0.1) is 0 Å². The van der Waals surface area contributed by atoms with E-state index in [4.69, 9.17) is 14.2 Å². The highest BCUT2D eigenvalue weighted by Gasteiger charge is 2.38. The summed E-state index contributed by atoms with van der Waals surface area (Å²) < 4.78 is 16.0. The number of anilines is 1. The van der Waals surface area contributed by atoms with Gasteiger partial charge in [0.25, 0.3) is 11.6 Å². The van der Waals surface area contributed by atoms with Crippen molar-refractivity contribution in [2.24, 2.45) is 5.92 Å². The molecule has 9 heteroatoms. The van der Waals surface area contributed by atoms with Gasteiger partial charge in [-0.2, -0.15) is 0 Å². The van der Waals surface area contributed by atoms with Gasteiger partial charge in [0.15, 0.2) is 11.9 Å². The lowest BCUT2D eigenvalue weighted by atomic mass is 10.0. The summed E-state index contributed by atoms with van der Waals surface area (Å²) in [5, 5.41) is 11.0. The molecule has 0 radical (unpaired) electrons. The number of esters is 1. The van der Waals surface area contributed by atoms with Crippen molar-refractivity contribution in [1.29, 1.82) is 0 Å². The Morgan fingerprint density at radius 3 is 2.70 bits per heavy atom. The largest absolute Gasteiger partial charge is 0.478 e. The molecule has 0 bridgehead atoms. The second-order valence-electron chi connectivity index (χ2n) is 6.45. The fourth-order valence-corrected chi connectivity index (χ4v) is 2.61. The SMILES string of the molecule is CCCOCCOC(=O)CN1C(=O)C(C(C)C)Oc2cc([N+](=O)[O-])ccc21. The number of carbonyl (C=O) groups is 2. The average molecular weight is 380 g/mol. The predicted molar refractivity (Wildman–Crippen MR) is 96.8 cm³/mol. The summed E-state index contributed by atoms with van der Waals surface area (Å²) in [7, 11) is 0. The van der Waals surface area contributed by atoms with Crippen LogP contribution in [-0.4, -0.2) is 49.3 Å². The molecule has 0 saturated heterocycles. The summed E-state index contributed by atoms with van der Waals surface area (Å²) in [6.07, 6.45) is 0.0376. The van der Waals surface area contributed by atoms with Gasteiger partial charge in [0, 0.05) is 12.7 Å². The summed E-state index contributed by atoms with van der Waals surface area (Å²) in [4.78, 5) is 36.6. The molecular formula is C18H24N2O7. The first kappa shape index (κ1) is 20.6. The molecule has 0 aliphatic carbocycles. The van der Waals surface area contributed by atoms with Crippen LogP contribution in [0.2, 0.25) is 0 Å².